The molecule has 0 saturated heterocycles. The number of carbonyl (C=O) groups excluding carboxylic acids is 1. The summed E-state index contributed by atoms with van der Waals surface area (Å²) in [7, 11) is 0. The van der Waals surface area contributed by atoms with Gasteiger partial charge in [-0.2, -0.15) is 0 Å². The fraction of sp³-hybridized carbons (Fsp3) is 0.167. The minimum absolute atomic E-state index is 0.376. The number of carbonyl (C=O) groups is 1. The van der Waals surface area contributed by atoms with Crippen molar-refractivity contribution in [3.8, 4) is 5.75 Å². The second-order valence-electron chi connectivity index (χ2n) is 3.52. The van der Waals surface area contributed by atoms with Crippen LogP contribution in [0.1, 0.15) is 21.8 Å². The van der Waals surface area contributed by atoms with Crippen LogP contribution in [-0.2, 0) is 0 Å². The third-order valence-corrected chi connectivity index (χ3v) is 2.93. The second-order valence-corrected chi connectivity index (χ2v) is 4.37. The second kappa shape index (κ2) is 4.71. The number of benzene rings is 1. The van der Waals surface area contributed by atoms with Crippen LogP contribution >= 0.6 is 15.9 Å². The minimum atomic E-state index is -0.465. The van der Waals surface area contributed by atoms with E-state index in [1.807, 2.05) is 6.07 Å². The summed E-state index contributed by atoms with van der Waals surface area (Å²) in [5.41, 5.74) is 0.903. The van der Waals surface area contributed by atoms with Gasteiger partial charge in [0, 0.05) is 0 Å². The van der Waals surface area contributed by atoms with E-state index in [1.165, 1.54) is 0 Å². The molecule has 0 amide bonds. The van der Waals surface area contributed by atoms with Crippen molar-refractivity contribution < 1.29 is 14.1 Å². The number of hydrogen-bond acceptors (Lipinski definition) is 4. The van der Waals surface area contributed by atoms with Crippen LogP contribution in [0.3, 0.4) is 0 Å². The number of aryl methyl sites for hydroxylation is 2. The zero-order valence-electron chi connectivity index (χ0n) is 9.36. The number of ether oxygens (including phenoxy) is 1. The quantitative estimate of drug-likeness (QED) is 0.630. The molecule has 2 rings (SSSR count). The molecule has 0 saturated carbocycles. The van der Waals surface area contributed by atoms with E-state index in [2.05, 4.69) is 21.1 Å². The Morgan fingerprint density at radius 1 is 1.35 bits per heavy atom. The number of halogens is 1. The first-order valence-corrected chi connectivity index (χ1v) is 5.78. The fourth-order valence-electron chi connectivity index (χ4n) is 1.45. The molecule has 1 aromatic carbocycles. The monoisotopic (exact) mass is 295 g/mol. The third-order valence-electron chi connectivity index (χ3n) is 2.28. The SMILES string of the molecule is Cc1noc(C)c1C(=O)Oc1ccccc1Br. The summed E-state index contributed by atoms with van der Waals surface area (Å²) in [5.74, 6) is 0.463. The molecule has 0 N–H and O–H groups in total. The maximum Gasteiger partial charge on any atom is 0.349 e. The summed E-state index contributed by atoms with van der Waals surface area (Å²) in [6.45, 7) is 3.38. The molecule has 88 valence electrons. The van der Waals surface area contributed by atoms with E-state index in [0.29, 0.717) is 22.8 Å². The summed E-state index contributed by atoms with van der Waals surface area (Å²) in [6.07, 6.45) is 0. The van der Waals surface area contributed by atoms with Gasteiger partial charge in [0.25, 0.3) is 0 Å². The Hall–Kier alpha value is -1.62. The molecule has 1 heterocycles. The lowest BCUT2D eigenvalue weighted by Gasteiger charge is -2.05. The Morgan fingerprint density at radius 2 is 2.06 bits per heavy atom. The standard InChI is InChI=1S/C12H10BrNO3/c1-7-11(8(2)17-14-7)12(15)16-10-6-4-3-5-9(10)13/h3-6H,1-2H3. The highest BCUT2D eigenvalue weighted by atomic mass is 79.9. The Bertz CT molecular complexity index is 543. The van der Waals surface area contributed by atoms with Crippen LogP contribution in [0.2, 0.25) is 0 Å². The zero-order valence-corrected chi connectivity index (χ0v) is 10.9. The van der Waals surface area contributed by atoms with Crippen LogP contribution in [0.25, 0.3) is 0 Å². The van der Waals surface area contributed by atoms with Crippen molar-refractivity contribution >= 4 is 21.9 Å². The first-order valence-electron chi connectivity index (χ1n) is 4.99. The first kappa shape index (κ1) is 11.9. The van der Waals surface area contributed by atoms with E-state index in [0.717, 1.165) is 4.47 Å². The molecule has 1 aromatic heterocycles. The molecule has 17 heavy (non-hydrogen) atoms. The molecule has 0 fully saturated rings. The van der Waals surface area contributed by atoms with Crippen molar-refractivity contribution in [2.45, 2.75) is 13.8 Å². The average Bonchev–Trinajstić information content (AvgIpc) is 2.62. The molecule has 4 nitrogen and oxygen atoms in total. The molecule has 0 bridgehead atoms. The van der Waals surface area contributed by atoms with Crippen LogP contribution in [0.4, 0.5) is 0 Å². The molecule has 2 aromatic rings. The highest BCUT2D eigenvalue weighted by Crippen LogP contribution is 2.25. The van der Waals surface area contributed by atoms with Gasteiger partial charge in [-0.1, -0.05) is 17.3 Å². The van der Waals surface area contributed by atoms with E-state index in [-0.39, 0.29) is 0 Å². The fourth-order valence-corrected chi connectivity index (χ4v) is 1.82. The van der Waals surface area contributed by atoms with Crippen molar-refractivity contribution in [3.63, 3.8) is 0 Å². The summed E-state index contributed by atoms with van der Waals surface area (Å²) >= 11 is 3.31. The van der Waals surface area contributed by atoms with Crippen molar-refractivity contribution in [3.05, 3.63) is 45.8 Å². The maximum atomic E-state index is 11.9. The number of esters is 1. The van der Waals surface area contributed by atoms with Crippen molar-refractivity contribution in [1.29, 1.82) is 0 Å². The normalized spacial score (nSPS) is 10.3. The minimum Gasteiger partial charge on any atom is -0.422 e. The Labute approximate surface area is 107 Å². The van der Waals surface area contributed by atoms with Gasteiger partial charge in [-0.25, -0.2) is 4.79 Å². The third kappa shape index (κ3) is 2.39. The molecule has 5 heteroatoms. The van der Waals surface area contributed by atoms with Crippen LogP contribution in [0, 0.1) is 13.8 Å². The van der Waals surface area contributed by atoms with Gasteiger partial charge in [-0.15, -0.1) is 0 Å². The topological polar surface area (TPSA) is 52.3 Å². The van der Waals surface area contributed by atoms with Gasteiger partial charge in [-0.3, -0.25) is 0 Å². The van der Waals surface area contributed by atoms with Crippen LogP contribution < -0.4 is 4.74 Å². The molecule has 0 aliphatic carbocycles. The van der Waals surface area contributed by atoms with E-state index in [9.17, 15) is 4.79 Å². The van der Waals surface area contributed by atoms with Crippen LogP contribution in [0.15, 0.2) is 33.3 Å². The highest BCUT2D eigenvalue weighted by Gasteiger charge is 2.20. The smallest absolute Gasteiger partial charge is 0.349 e. The Morgan fingerprint density at radius 3 is 2.65 bits per heavy atom. The molecule has 0 atom stereocenters. The van der Waals surface area contributed by atoms with Gasteiger partial charge in [0.15, 0.2) is 0 Å². The summed E-state index contributed by atoms with van der Waals surface area (Å²) in [6, 6.07) is 7.15. The average molecular weight is 296 g/mol. The lowest BCUT2D eigenvalue weighted by Crippen LogP contribution is -2.10. The Kier molecular flexibility index (Phi) is 3.28. The molecule has 0 aliphatic rings. The molecule has 0 unspecified atom stereocenters. The van der Waals surface area contributed by atoms with E-state index in [4.69, 9.17) is 9.26 Å². The van der Waals surface area contributed by atoms with Gasteiger partial charge in [-0.05, 0) is 41.9 Å². The number of nitrogens with zero attached hydrogens (tertiary/aromatic N) is 1. The molecule has 0 radical (unpaired) electrons. The van der Waals surface area contributed by atoms with Gasteiger partial charge in [0.05, 0.1) is 10.2 Å². The molecular weight excluding hydrogens is 286 g/mol. The van der Waals surface area contributed by atoms with Crippen LogP contribution in [-0.4, -0.2) is 11.1 Å². The van der Waals surface area contributed by atoms with Crippen molar-refractivity contribution in [2.75, 3.05) is 0 Å². The van der Waals surface area contributed by atoms with Gasteiger partial charge in [0.1, 0.15) is 17.1 Å². The van der Waals surface area contributed by atoms with Gasteiger partial charge in [0.2, 0.25) is 0 Å². The molecular formula is C12H10BrNO3. The lowest BCUT2D eigenvalue weighted by molar-refractivity contribution is 0.0731. The predicted octanol–water partition coefficient (Wildman–Crippen LogP) is 3.27. The van der Waals surface area contributed by atoms with Gasteiger partial charge >= 0.3 is 5.97 Å². The Balaban J connectivity index is 2.27. The summed E-state index contributed by atoms with van der Waals surface area (Å²) in [4.78, 5) is 11.9. The summed E-state index contributed by atoms with van der Waals surface area (Å²) in [5, 5.41) is 3.71. The predicted molar refractivity (Wildman–Crippen MR) is 65.1 cm³/mol. The first-order chi connectivity index (χ1) is 8.09. The summed E-state index contributed by atoms with van der Waals surface area (Å²) < 4.78 is 10.9. The number of para-hydroxylation sites is 1. The van der Waals surface area contributed by atoms with Crippen molar-refractivity contribution in [1.82, 2.24) is 5.16 Å². The lowest BCUT2D eigenvalue weighted by atomic mass is 10.2. The zero-order chi connectivity index (χ0) is 12.4. The molecule has 0 spiro atoms. The number of hydrogen-bond donors (Lipinski definition) is 0. The maximum absolute atomic E-state index is 11.9. The van der Waals surface area contributed by atoms with Crippen LogP contribution in [0.5, 0.6) is 5.75 Å². The van der Waals surface area contributed by atoms with E-state index >= 15 is 0 Å². The highest BCUT2D eigenvalue weighted by molar-refractivity contribution is 9.10. The number of aromatic nitrogens is 1. The van der Waals surface area contributed by atoms with Gasteiger partial charge < -0.3 is 9.26 Å². The largest absolute Gasteiger partial charge is 0.422 e. The van der Waals surface area contributed by atoms with E-state index < -0.39 is 5.97 Å². The number of rotatable bonds is 2. The van der Waals surface area contributed by atoms with Crippen molar-refractivity contribution in [2.24, 2.45) is 0 Å². The van der Waals surface area contributed by atoms with E-state index in [1.54, 1.807) is 32.0 Å². The molecule has 0 aliphatic heterocycles.